The average Bonchev–Trinajstić information content (AvgIpc) is 3.17. The Bertz CT molecular complexity index is 961. The zero-order valence-corrected chi connectivity index (χ0v) is 20.0. The van der Waals surface area contributed by atoms with E-state index in [1.165, 1.54) is 19.3 Å². The van der Waals surface area contributed by atoms with Gasteiger partial charge in [-0.15, -0.1) is 0 Å². The largest absolute Gasteiger partial charge is 0.352 e. The molecule has 6 heteroatoms. The Morgan fingerprint density at radius 2 is 1.66 bits per heavy atom. The Hall–Kier alpha value is -2.04. The van der Waals surface area contributed by atoms with Gasteiger partial charge in [-0.25, -0.2) is 0 Å². The molecular weight excluding hydrogens is 443 g/mol. The molecule has 1 aliphatic carbocycles. The first-order chi connectivity index (χ1) is 15.5. The molecule has 1 atom stereocenters. The lowest BCUT2D eigenvalue weighted by atomic mass is 9.93. The minimum Gasteiger partial charge on any atom is -0.352 e. The number of rotatable bonds is 6. The molecule has 1 saturated carbocycles. The Balaban J connectivity index is 1.47. The fourth-order valence-corrected chi connectivity index (χ4v) is 5.64. The molecule has 2 aliphatic rings. The van der Waals surface area contributed by atoms with E-state index in [0.29, 0.717) is 34.6 Å². The fourth-order valence-electron chi connectivity index (χ4n) is 5.00. The number of nitrogens with one attached hydrogen (secondary N) is 1. The minimum atomic E-state index is -0.0889. The molecule has 4 rings (SSSR count). The molecule has 2 aromatic rings. The molecule has 1 saturated heterocycles. The lowest BCUT2D eigenvalue weighted by molar-refractivity contribution is -0.133. The SMILES string of the molecule is CCNC(=O)c1ccc(-c2cc(Cl)c(CC3CCN(C4CCCCC4)C3=O)c(Cl)c2)cc1. The number of carbonyl (C=O) groups excluding carboxylic acids is 2. The third-order valence-electron chi connectivity index (χ3n) is 6.78. The van der Waals surface area contributed by atoms with Crippen LogP contribution >= 0.6 is 23.2 Å². The number of hydrogen-bond donors (Lipinski definition) is 1. The van der Waals surface area contributed by atoms with Gasteiger partial charge >= 0.3 is 0 Å². The molecule has 32 heavy (non-hydrogen) atoms. The molecule has 2 aromatic carbocycles. The van der Waals surface area contributed by atoms with Crippen molar-refractivity contribution in [2.24, 2.45) is 5.92 Å². The number of nitrogens with zero attached hydrogens (tertiary/aromatic N) is 1. The molecule has 1 heterocycles. The lowest BCUT2D eigenvalue weighted by Crippen LogP contribution is -2.39. The molecule has 1 aliphatic heterocycles. The maximum absolute atomic E-state index is 13.1. The standard InChI is InChI=1S/C26H30Cl2N2O2/c1-2-29-25(31)18-10-8-17(9-11-18)20-15-23(27)22(24(28)16-20)14-19-12-13-30(26(19)32)21-6-4-3-5-7-21/h8-11,15-16,19,21H,2-7,12-14H2,1H3,(H,29,31). The number of halogens is 2. The molecule has 0 radical (unpaired) electrons. The summed E-state index contributed by atoms with van der Waals surface area (Å²) in [5.74, 6) is 0.122. The summed E-state index contributed by atoms with van der Waals surface area (Å²) in [4.78, 5) is 27.1. The third kappa shape index (κ3) is 4.97. The monoisotopic (exact) mass is 472 g/mol. The van der Waals surface area contributed by atoms with Gasteiger partial charge in [0.25, 0.3) is 5.91 Å². The number of carbonyl (C=O) groups is 2. The molecule has 0 spiro atoms. The molecule has 0 bridgehead atoms. The zero-order valence-electron chi connectivity index (χ0n) is 18.5. The highest BCUT2D eigenvalue weighted by atomic mass is 35.5. The highest BCUT2D eigenvalue weighted by Gasteiger charge is 2.36. The van der Waals surface area contributed by atoms with Gasteiger partial charge in [-0.2, -0.15) is 0 Å². The van der Waals surface area contributed by atoms with E-state index < -0.39 is 0 Å². The van der Waals surface area contributed by atoms with Gasteiger partial charge in [0.05, 0.1) is 0 Å². The van der Waals surface area contributed by atoms with Crippen molar-refractivity contribution in [3.05, 3.63) is 57.6 Å². The highest BCUT2D eigenvalue weighted by molar-refractivity contribution is 6.36. The molecule has 1 unspecified atom stereocenters. The van der Waals surface area contributed by atoms with Gasteiger partial charge in [0.15, 0.2) is 0 Å². The molecule has 2 amide bonds. The first kappa shape index (κ1) is 23.1. The summed E-state index contributed by atoms with van der Waals surface area (Å²) >= 11 is 13.3. The van der Waals surface area contributed by atoms with Crippen molar-refractivity contribution in [2.45, 2.75) is 57.9 Å². The second-order valence-corrected chi connectivity index (χ2v) is 9.68. The topological polar surface area (TPSA) is 49.4 Å². The molecular formula is C26H30Cl2N2O2. The Morgan fingerprint density at radius 1 is 1.00 bits per heavy atom. The minimum absolute atomic E-state index is 0.0471. The van der Waals surface area contributed by atoms with Gasteiger partial charge in [-0.3, -0.25) is 9.59 Å². The Morgan fingerprint density at radius 3 is 2.28 bits per heavy atom. The van der Waals surface area contributed by atoms with Crippen LogP contribution in [0.1, 0.15) is 61.4 Å². The summed E-state index contributed by atoms with van der Waals surface area (Å²) in [6, 6.07) is 11.6. The summed E-state index contributed by atoms with van der Waals surface area (Å²) in [7, 11) is 0. The van der Waals surface area contributed by atoms with Crippen LogP contribution in [0, 0.1) is 5.92 Å². The average molecular weight is 473 g/mol. The maximum Gasteiger partial charge on any atom is 0.251 e. The van der Waals surface area contributed by atoms with E-state index in [1.54, 1.807) is 12.1 Å². The van der Waals surface area contributed by atoms with Crippen LogP contribution in [0.15, 0.2) is 36.4 Å². The van der Waals surface area contributed by atoms with E-state index in [9.17, 15) is 9.59 Å². The van der Waals surface area contributed by atoms with E-state index in [2.05, 4.69) is 10.2 Å². The number of hydrogen-bond acceptors (Lipinski definition) is 2. The van der Waals surface area contributed by atoms with Crippen LogP contribution in [0.3, 0.4) is 0 Å². The first-order valence-corrected chi connectivity index (χ1v) is 12.4. The van der Waals surface area contributed by atoms with E-state index in [-0.39, 0.29) is 17.7 Å². The van der Waals surface area contributed by atoms with Gasteiger partial charge < -0.3 is 10.2 Å². The normalized spacial score (nSPS) is 19.4. The Labute approximate surface area is 200 Å². The number of likely N-dealkylation sites (tertiary alicyclic amines) is 1. The highest BCUT2D eigenvalue weighted by Crippen LogP contribution is 2.36. The Kier molecular flexibility index (Phi) is 7.42. The van der Waals surface area contributed by atoms with Crippen LogP contribution in [-0.4, -0.2) is 35.8 Å². The lowest BCUT2D eigenvalue weighted by Gasteiger charge is -2.31. The van der Waals surface area contributed by atoms with Crippen molar-refractivity contribution in [3.8, 4) is 11.1 Å². The number of benzene rings is 2. The number of amides is 2. The first-order valence-electron chi connectivity index (χ1n) is 11.6. The van der Waals surface area contributed by atoms with E-state index in [0.717, 1.165) is 42.5 Å². The van der Waals surface area contributed by atoms with Crippen LogP contribution < -0.4 is 5.32 Å². The summed E-state index contributed by atoms with van der Waals surface area (Å²) in [6.07, 6.45) is 7.45. The fraction of sp³-hybridized carbons (Fsp3) is 0.462. The van der Waals surface area contributed by atoms with Crippen molar-refractivity contribution in [2.75, 3.05) is 13.1 Å². The van der Waals surface area contributed by atoms with Crippen LogP contribution in [0.4, 0.5) is 0 Å². The van der Waals surface area contributed by atoms with Crippen LogP contribution in [0.2, 0.25) is 10.0 Å². The van der Waals surface area contributed by atoms with E-state index in [4.69, 9.17) is 23.2 Å². The summed E-state index contributed by atoms with van der Waals surface area (Å²) in [5, 5.41) is 3.97. The van der Waals surface area contributed by atoms with Crippen molar-refractivity contribution >= 4 is 35.0 Å². The van der Waals surface area contributed by atoms with Crippen molar-refractivity contribution in [1.82, 2.24) is 10.2 Å². The molecule has 170 valence electrons. The van der Waals surface area contributed by atoms with Gasteiger partial charge in [0, 0.05) is 40.7 Å². The van der Waals surface area contributed by atoms with Gasteiger partial charge in [0.2, 0.25) is 5.91 Å². The summed E-state index contributed by atoms with van der Waals surface area (Å²) < 4.78 is 0. The smallest absolute Gasteiger partial charge is 0.251 e. The molecule has 1 N–H and O–H groups in total. The molecule has 0 aromatic heterocycles. The maximum atomic E-state index is 13.1. The summed E-state index contributed by atoms with van der Waals surface area (Å²) in [5.41, 5.74) is 3.30. The van der Waals surface area contributed by atoms with Crippen molar-refractivity contribution < 1.29 is 9.59 Å². The predicted octanol–water partition coefficient (Wildman–Crippen LogP) is 6.13. The summed E-state index contributed by atoms with van der Waals surface area (Å²) in [6.45, 7) is 3.33. The zero-order chi connectivity index (χ0) is 22.7. The predicted molar refractivity (Wildman–Crippen MR) is 130 cm³/mol. The van der Waals surface area contributed by atoms with Gasteiger partial charge in [-0.05, 0) is 73.6 Å². The van der Waals surface area contributed by atoms with Crippen LogP contribution in [0.5, 0.6) is 0 Å². The van der Waals surface area contributed by atoms with E-state index in [1.807, 2.05) is 31.2 Å². The quantitative estimate of drug-likeness (QED) is 0.549. The third-order valence-corrected chi connectivity index (χ3v) is 7.45. The van der Waals surface area contributed by atoms with Crippen LogP contribution in [0.25, 0.3) is 11.1 Å². The van der Waals surface area contributed by atoms with Crippen molar-refractivity contribution in [1.29, 1.82) is 0 Å². The molecule has 2 fully saturated rings. The van der Waals surface area contributed by atoms with Crippen molar-refractivity contribution in [3.63, 3.8) is 0 Å². The molecule has 4 nitrogen and oxygen atoms in total. The van der Waals surface area contributed by atoms with Crippen LogP contribution in [-0.2, 0) is 11.2 Å². The van der Waals surface area contributed by atoms with Gasteiger partial charge in [0.1, 0.15) is 0 Å². The second-order valence-electron chi connectivity index (χ2n) is 8.87. The van der Waals surface area contributed by atoms with E-state index >= 15 is 0 Å². The second kappa shape index (κ2) is 10.3. The van der Waals surface area contributed by atoms with Gasteiger partial charge in [-0.1, -0.05) is 54.6 Å².